The van der Waals surface area contributed by atoms with E-state index in [2.05, 4.69) is 38.7 Å². The van der Waals surface area contributed by atoms with Crippen LogP contribution in [0, 0.1) is 6.92 Å². The molecule has 1 aromatic rings. The topological polar surface area (TPSA) is 38.9 Å². The Bertz CT molecular complexity index is 331. The van der Waals surface area contributed by atoms with Crippen LogP contribution in [0.4, 0.5) is 5.69 Å². The van der Waals surface area contributed by atoms with E-state index < -0.39 is 0 Å². The van der Waals surface area contributed by atoms with Crippen molar-refractivity contribution in [3.63, 3.8) is 0 Å². The maximum Gasteiger partial charge on any atom is 0.121 e. The van der Waals surface area contributed by atoms with Gasteiger partial charge >= 0.3 is 0 Å². The van der Waals surface area contributed by atoms with Crippen LogP contribution < -0.4 is 5.73 Å². The van der Waals surface area contributed by atoms with Crippen molar-refractivity contribution in [2.75, 3.05) is 5.73 Å². The number of thioether (sulfide) groups is 2. The molecule has 0 unspecified atom stereocenters. The molecule has 0 spiro atoms. The molecule has 0 bridgehead atoms. The summed E-state index contributed by atoms with van der Waals surface area (Å²) in [6.45, 7) is 10.7. The number of hydrogen-bond donors (Lipinski definition) is 1. The molecule has 0 fully saturated rings. The molecule has 2 N–H and O–H groups in total. The molecular formula is C12H20N2S2. The van der Waals surface area contributed by atoms with Crippen molar-refractivity contribution < 1.29 is 0 Å². The SMILES string of the molecule is Cc1cc(SC(C)C)c(N)c(SC(C)C)n1. The first-order valence-electron chi connectivity index (χ1n) is 5.50. The van der Waals surface area contributed by atoms with Crippen molar-refractivity contribution in [3.05, 3.63) is 11.8 Å². The molecule has 0 aromatic carbocycles. The minimum absolute atomic E-state index is 0.508. The molecule has 0 aliphatic rings. The molecule has 0 saturated heterocycles. The van der Waals surface area contributed by atoms with Crippen LogP contribution in [0.25, 0.3) is 0 Å². The number of nitrogen functional groups attached to an aromatic ring is 1. The summed E-state index contributed by atoms with van der Waals surface area (Å²) in [5.41, 5.74) is 8.02. The molecule has 0 radical (unpaired) electrons. The predicted molar refractivity (Wildman–Crippen MR) is 75.4 cm³/mol. The minimum Gasteiger partial charge on any atom is -0.396 e. The normalized spacial score (nSPS) is 11.4. The Kier molecular flexibility index (Phi) is 4.99. The van der Waals surface area contributed by atoms with Crippen molar-refractivity contribution >= 4 is 29.2 Å². The lowest BCUT2D eigenvalue weighted by atomic mass is 10.3. The molecule has 0 aliphatic carbocycles. The summed E-state index contributed by atoms with van der Waals surface area (Å²) in [4.78, 5) is 5.66. The van der Waals surface area contributed by atoms with E-state index >= 15 is 0 Å². The summed E-state index contributed by atoms with van der Waals surface area (Å²) in [6, 6.07) is 2.07. The van der Waals surface area contributed by atoms with E-state index in [1.807, 2.05) is 6.92 Å². The maximum atomic E-state index is 6.14. The van der Waals surface area contributed by atoms with Gasteiger partial charge < -0.3 is 5.73 Å². The second-order valence-electron chi connectivity index (χ2n) is 4.31. The van der Waals surface area contributed by atoms with Gasteiger partial charge in [0.1, 0.15) is 5.03 Å². The van der Waals surface area contributed by atoms with Crippen LogP contribution in [0.1, 0.15) is 33.4 Å². The predicted octanol–water partition coefficient (Wildman–Crippen LogP) is 3.97. The van der Waals surface area contributed by atoms with E-state index in [1.54, 1.807) is 23.5 Å². The van der Waals surface area contributed by atoms with E-state index in [4.69, 9.17) is 5.73 Å². The average molecular weight is 256 g/mol. The fraction of sp³-hybridized carbons (Fsp3) is 0.583. The van der Waals surface area contributed by atoms with Gasteiger partial charge in [0, 0.05) is 21.1 Å². The molecule has 1 aromatic heterocycles. The third-order valence-corrected chi connectivity index (χ3v) is 3.89. The van der Waals surface area contributed by atoms with Crippen LogP contribution in [0.3, 0.4) is 0 Å². The number of nitrogens with zero attached hydrogens (tertiary/aromatic N) is 1. The average Bonchev–Trinajstić information content (AvgIpc) is 2.11. The van der Waals surface area contributed by atoms with E-state index in [1.165, 1.54) is 0 Å². The smallest absolute Gasteiger partial charge is 0.121 e. The lowest BCUT2D eigenvalue weighted by Gasteiger charge is -2.13. The van der Waals surface area contributed by atoms with Crippen molar-refractivity contribution in [1.82, 2.24) is 4.98 Å². The first-order chi connectivity index (χ1) is 7.40. The standard InChI is InChI=1S/C12H20N2S2/c1-7(2)15-10-6-9(5)14-12(11(10)13)16-8(3)4/h6-8H,13H2,1-5H3. The number of anilines is 1. The molecule has 1 rings (SSSR count). The molecule has 0 saturated carbocycles. The van der Waals surface area contributed by atoms with Gasteiger partial charge in [-0.15, -0.1) is 23.5 Å². The Labute approximate surface area is 107 Å². The molecule has 4 heteroatoms. The van der Waals surface area contributed by atoms with Gasteiger partial charge in [-0.2, -0.15) is 0 Å². The first-order valence-corrected chi connectivity index (χ1v) is 7.26. The number of rotatable bonds is 4. The highest BCUT2D eigenvalue weighted by Gasteiger charge is 2.12. The van der Waals surface area contributed by atoms with Gasteiger partial charge in [-0.3, -0.25) is 0 Å². The quantitative estimate of drug-likeness (QED) is 0.827. The van der Waals surface area contributed by atoms with E-state index in [9.17, 15) is 0 Å². The highest BCUT2D eigenvalue weighted by Crippen LogP contribution is 2.36. The zero-order valence-electron chi connectivity index (χ0n) is 10.6. The largest absolute Gasteiger partial charge is 0.396 e. The van der Waals surface area contributed by atoms with Gasteiger partial charge in [0.15, 0.2) is 0 Å². The van der Waals surface area contributed by atoms with Crippen molar-refractivity contribution in [3.8, 4) is 0 Å². The Morgan fingerprint density at radius 2 is 1.69 bits per heavy atom. The summed E-state index contributed by atoms with van der Waals surface area (Å²) in [5.74, 6) is 0. The lowest BCUT2D eigenvalue weighted by Crippen LogP contribution is -2.01. The molecular weight excluding hydrogens is 236 g/mol. The van der Waals surface area contributed by atoms with Crippen molar-refractivity contribution in [2.45, 2.75) is 55.0 Å². The van der Waals surface area contributed by atoms with Gasteiger partial charge in [-0.1, -0.05) is 27.7 Å². The van der Waals surface area contributed by atoms with Crippen LogP contribution in [-0.2, 0) is 0 Å². The van der Waals surface area contributed by atoms with Gasteiger partial charge in [-0.05, 0) is 13.0 Å². The molecule has 90 valence electrons. The number of aromatic nitrogens is 1. The van der Waals surface area contributed by atoms with Gasteiger partial charge in [-0.25, -0.2) is 4.98 Å². The van der Waals surface area contributed by atoms with Gasteiger partial charge in [0.05, 0.1) is 5.69 Å². The number of pyridine rings is 1. The fourth-order valence-corrected chi connectivity index (χ4v) is 3.20. The maximum absolute atomic E-state index is 6.14. The highest BCUT2D eigenvalue weighted by atomic mass is 32.2. The summed E-state index contributed by atoms with van der Waals surface area (Å²) in [6.07, 6.45) is 0. The summed E-state index contributed by atoms with van der Waals surface area (Å²) in [5, 5.41) is 2.02. The third kappa shape index (κ3) is 3.91. The second-order valence-corrected chi connectivity index (χ2v) is 7.50. The summed E-state index contributed by atoms with van der Waals surface area (Å²) in [7, 11) is 0. The Morgan fingerprint density at radius 1 is 1.12 bits per heavy atom. The zero-order valence-corrected chi connectivity index (χ0v) is 12.2. The number of nitrogens with two attached hydrogens (primary N) is 1. The van der Waals surface area contributed by atoms with E-state index in [-0.39, 0.29) is 0 Å². The van der Waals surface area contributed by atoms with Crippen LogP contribution in [-0.4, -0.2) is 15.5 Å². The monoisotopic (exact) mass is 256 g/mol. The number of hydrogen-bond acceptors (Lipinski definition) is 4. The Hall–Kier alpha value is -0.350. The molecule has 0 amide bonds. The van der Waals surface area contributed by atoms with Crippen molar-refractivity contribution in [2.24, 2.45) is 0 Å². The second kappa shape index (κ2) is 5.82. The Morgan fingerprint density at radius 3 is 2.19 bits per heavy atom. The van der Waals surface area contributed by atoms with E-state index in [0.717, 1.165) is 21.3 Å². The fourth-order valence-electron chi connectivity index (χ4n) is 1.29. The molecule has 16 heavy (non-hydrogen) atoms. The summed E-state index contributed by atoms with van der Waals surface area (Å²) < 4.78 is 0. The molecule has 2 nitrogen and oxygen atoms in total. The van der Waals surface area contributed by atoms with Crippen LogP contribution in [0.15, 0.2) is 16.0 Å². The zero-order chi connectivity index (χ0) is 12.3. The van der Waals surface area contributed by atoms with Gasteiger partial charge in [0.25, 0.3) is 0 Å². The third-order valence-electron chi connectivity index (χ3n) is 1.82. The first kappa shape index (κ1) is 13.7. The van der Waals surface area contributed by atoms with Crippen LogP contribution in [0.2, 0.25) is 0 Å². The van der Waals surface area contributed by atoms with E-state index in [0.29, 0.717) is 10.5 Å². The molecule has 0 aliphatic heterocycles. The lowest BCUT2D eigenvalue weighted by molar-refractivity contribution is 1.02. The highest BCUT2D eigenvalue weighted by molar-refractivity contribution is 8.00. The van der Waals surface area contributed by atoms with Crippen molar-refractivity contribution in [1.29, 1.82) is 0 Å². The van der Waals surface area contributed by atoms with Gasteiger partial charge in [0.2, 0.25) is 0 Å². The number of aryl methyl sites for hydroxylation is 1. The Balaban J connectivity index is 3.05. The molecule has 1 heterocycles. The summed E-state index contributed by atoms with van der Waals surface area (Å²) >= 11 is 3.53. The van der Waals surface area contributed by atoms with Crippen LogP contribution in [0.5, 0.6) is 0 Å². The minimum atomic E-state index is 0.508. The van der Waals surface area contributed by atoms with Crippen LogP contribution >= 0.6 is 23.5 Å². The molecule has 0 atom stereocenters.